The van der Waals surface area contributed by atoms with Gasteiger partial charge in [0.25, 0.3) is 0 Å². The van der Waals surface area contributed by atoms with E-state index in [1.165, 1.54) is 42.3 Å². The molecule has 4 rings (SSSR count). The fraction of sp³-hybridized carbons (Fsp3) is 0.500. The van der Waals surface area contributed by atoms with Gasteiger partial charge in [0.2, 0.25) is 0 Å². The second kappa shape index (κ2) is 8.16. The van der Waals surface area contributed by atoms with E-state index in [1.54, 1.807) is 17.8 Å². The molecule has 1 aromatic heterocycles. The van der Waals surface area contributed by atoms with E-state index in [-0.39, 0.29) is 10.9 Å². The zero-order valence-electron chi connectivity index (χ0n) is 16.5. The molecule has 2 atom stereocenters. The summed E-state index contributed by atoms with van der Waals surface area (Å²) < 4.78 is 45.1. The fourth-order valence-electron chi connectivity index (χ4n) is 3.83. The third-order valence-electron chi connectivity index (χ3n) is 5.58. The Labute approximate surface area is 178 Å². The minimum absolute atomic E-state index is 0.112. The third kappa shape index (κ3) is 4.94. The van der Waals surface area contributed by atoms with Gasteiger partial charge >= 0.3 is 6.18 Å². The lowest BCUT2D eigenvalue weighted by Crippen LogP contribution is -2.32. The maximum Gasteiger partial charge on any atom is 0.416 e. The number of hydrogen-bond donors (Lipinski definition) is 0. The van der Waals surface area contributed by atoms with E-state index in [1.807, 2.05) is 12.5 Å². The minimum atomic E-state index is -4.32. The van der Waals surface area contributed by atoms with Crippen molar-refractivity contribution in [2.45, 2.75) is 65.3 Å². The largest absolute Gasteiger partial charge is 0.416 e. The van der Waals surface area contributed by atoms with Crippen LogP contribution in [-0.4, -0.2) is 22.6 Å². The summed E-state index contributed by atoms with van der Waals surface area (Å²) in [6.45, 7) is 2.71. The smallest absolute Gasteiger partial charge is 0.372 e. The summed E-state index contributed by atoms with van der Waals surface area (Å²) in [6, 6.07) is 7.86. The van der Waals surface area contributed by atoms with Gasteiger partial charge < -0.3 is 4.74 Å². The summed E-state index contributed by atoms with van der Waals surface area (Å²) in [5.41, 5.74) is 1.70. The van der Waals surface area contributed by atoms with Crippen LogP contribution in [0, 0.1) is 0 Å². The van der Waals surface area contributed by atoms with Gasteiger partial charge in [-0.3, -0.25) is 4.98 Å². The van der Waals surface area contributed by atoms with Crippen molar-refractivity contribution in [3.8, 4) is 0 Å². The van der Waals surface area contributed by atoms with Crippen molar-refractivity contribution in [1.82, 2.24) is 4.98 Å². The Hall–Kier alpha value is -1.18. The van der Waals surface area contributed by atoms with Crippen molar-refractivity contribution in [3.63, 3.8) is 0 Å². The lowest BCUT2D eigenvalue weighted by molar-refractivity contribution is -0.137. The number of aromatic nitrogens is 1. The first-order valence-corrected chi connectivity index (χ1v) is 11.8. The number of rotatable bonds is 5. The van der Waals surface area contributed by atoms with Gasteiger partial charge in [-0.1, -0.05) is 6.07 Å². The van der Waals surface area contributed by atoms with E-state index >= 15 is 0 Å². The highest BCUT2D eigenvalue weighted by atomic mass is 32.2. The maximum absolute atomic E-state index is 13.1. The first-order valence-electron chi connectivity index (χ1n) is 9.79. The Balaban J connectivity index is 1.55. The Morgan fingerprint density at radius 2 is 1.97 bits per heavy atom. The number of hydrogen-bond acceptors (Lipinski definition) is 4. The summed E-state index contributed by atoms with van der Waals surface area (Å²) in [7, 11) is 0. The maximum atomic E-state index is 13.1. The molecule has 1 aliphatic heterocycles. The minimum Gasteiger partial charge on any atom is -0.372 e. The quantitative estimate of drug-likeness (QED) is 0.463. The van der Waals surface area contributed by atoms with Crippen LogP contribution in [0.1, 0.15) is 61.4 Å². The number of halogens is 3. The van der Waals surface area contributed by atoms with Crippen LogP contribution in [0.3, 0.4) is 0 Å². The molecule has 0 radical (unpaired) electrons. The molecule has 2 nitrogen and oxygen atoms in total. The SMILES string of the molecule is CSc1cnc(C2CC(C)(Sc3cccc(C(F)(F)F)c3)CCO2)c(C2CC2)c1. The van der Waals surface area contributed by atoms with Gasteiger partial charge in [0.15, 0.2) is 0 Å². The molecule has 2 fully saturated rings. The molecule has 0 spiro atoms. The van der Waals surface area contributed by atoms with Crippen LogP contribution in [0.2, 0.25) is 0 Å². The van der Waals surface area contributed by atoms with Gasteiger partial charge in [-0.15, -0.1) is 23.5 Å². The first kappa shape index (κ1) is 21.1. The predicted molar refractivity (Wildman–Crippen MR) is 112 cm³/mol. The summed E-state index contributed by atoms with van der Waals surface area (Å²) in [6.07, 6.45) is 3.43. The molecule has 1 aromatic carbocycles. The summed E-state index contributed by atoms with van der Waals surface area (Å²) >= 11 is 3.21. The Kier molecular flexibility index (Phi) is 5.93. The number of thioether (sulfide) groups is 2. The van der Waals surface area contributed by atoms with Crippen LogP contribution in [0.5, 0.6) is 0 Å². The second-order valence-corrected chi connectivity index (χ2v) is 10.6. The van der Waals surface area contributed by atoms with E-state index in [0.29, 0.717) is 17.4 Å². The lowest BCUT2D eigenvalue weighted by Gasteiger charge is -2.38. The average molecular weight is 440 g/mol. The highest BCUT2D eigenvalue weighted by Crippen LogP contribution is 2.49. The van der Waals surface area contributed by atoms with E-state index in [4.69, 9.17) is 9.72 Å². The molecule has 1 saturated heterocycles. The van der Waals surface area contributed by atoms with Gasteiger partial charge in [-0.25, -0.2) is 0 Å². The number of pyridine rings is 1. The highest BCUT2D eigenvalue weighted by Gasteiger charge is 2.39. The highest BCUT2D eigenvalue weighted by molar-refractivity contribution is 8.00. The molecule has 0 bridgehead atoms. The number of ether oxygens (including phenoxy) is 1. The van der Waals surface area contributed by atoms with Crippen LogP contribution in [0.25, 0.3) is 0 Å². The van der Waals surface area contributed by atoms with Gasteiger partial charge in [0.1, 0.15) is 6.10 Å². The molecule has 7 heteroatoms. The summed E-state index contributed by atoms with van der Waals surface area (Å²) in [5, 5.41) is 0. The van der Waals surface area contributed by atoms with Crippen molar-refractivity contribution >= 4 is 23.5 Å². The molecule has 2 heterocycles. The second-order valence-electron chi connectivity index (χ2n) is 8.02. The first-order chi connectivity index (χ1) is 13.8. The molecule has 2 unspecified atom stereocenters. The molecule has 29 heavy (non-hydrogen) atoms. The lowest BCUT2D eigenvalue weighted by atomic mass is 9.92. The number of alkyl halides is 3. The van der Waals surface area contributed by atoms with Crippen LogP contribution in [0.4, 0.5) is 13.2 Å². The third-order valence-corrected chi connectivity index (χ3v) is 7.62. The Morgan fingerprint density at radius 3 is 2.66 bits per heavy atom. The standard InChI is InChI=1S/C22H24F3NOS2/c1-21(29-16-5-3-4-15(10-16)22(23,24)25)8-9-27-19(12-21)20-18(14-6-7-14)11-17(28-2)13-26-20/h3-5,10-11,13-14,19H,6-9,12H2,1-2H3. The van der Waals surface area contributed by atoms with Gasteiger partial charge in [-0.2, -0.15) is 13.2 Å². The van der Waals surface area contributed by atoms with E-state index in [9.17, 15) is 13.2 Å². The van der Waals surface area contributed by atoms with E-state index in [2.05, 4.69) is 13.0 Å². The van der Waals surface area contributed by atoms with Crippen molar-refractivity contribution in [1.29, 1.82) is 0 Å². The monoisotopic (exact) mass is 439 g/mol. The van der Waals surface area contributed by atoms with Gasteiger partial charge in [0, 0.05) is 27.3 Å². The van der Waals surface area contributed by atoms with Crippen molar-refractivity contribution in [3.05, 3.63) is 53.3 Å². The van der Waals surface area contributed by atoms with Crippen LogP contribution < -0.4 is 0 Å². The molecular weight excluding hydrogens is 415 g/mol. The van der Waals surface area contributed by atoms with Gasteiger partial charge in [-0.05, 0) is 74.6 Å². The van der Waals surface area contributed by atoms with Crippen LogP contribution >= 0.6 is 23.5 Å². The Bertz CT molecular complexity index is 885. The van der Waals surface area contributed by atoms with Crippen LogP contribution in [0.15, 0.2) is 46.3 Å². The van der Waals surface area contributed by atoms with Crippen molar-refractivity contribution < 1.29 is 17.9 Å². The summed E-state index contributed by atoms with van der Waals surface area (Å²) in [4.78, 5) is 6.56. The molecule has 0 amide bonds. The van der Waals surface area contributed by atoms with Crippen molar-refractivity contribution in [2.24, 2.45) is 0 Å². The molecule has 0 N–H and O–H groups in total. The van der Waals surface area contributed by atoms with Crippen LogP contribution in [-0.2, 0) is 10.9 Å². The summed E-state index contributed by atoms with van der Waals surface area (Å²) in [5.74, 6) is 0.567. The van der Waals surface area contributed by atoms with E-state index < -0.39 is 11.7 Å². The normalized spacial score (nSPS) is 25.2. The average Bonchev–Trinajstić information content (AvgIpc) is 3.52. The zero-order chi connectivity index (χ0) is 20.6. The Morgan fingerprint density at radius 1 is 1.17 bits per heavy atom. The molecule has 2 aliphatic rings. The molecule has 2 aromatic rings. The molecule has 1 aliphatic carbocycles. The fourth-order valence-corrected chi connectivity index (χ4v) is 5.56. The zero-order valence-corrected chi connectivity index (χ0v) is 18.1. The molecule has 1 saturated carbocycles. The molecular formula is C22H24F3NOS2. The van der Waals surface area contributed by atoms with Gasteiger partial charge in [0.05, 0.1) is 11.3 Å². The number of benzene rings is 1. The number of nitrogens with zero attached hydrogens (tertiary/aromatic N) is 1. The van der Waals surface area contributed by atoms with E-state index in [0.717, 1.165) is 29.5 Å². The van der Waals surface area contributed by atoms with Crippen molar-refractivity contribution in [2.75, 3.05) is 12.9 Å². The molecule has 156 valence electrons. The predicted octanol–water partition coefficient (Wildman–Crippen LogP) is 7.10. The topological polar surface area (TPSA) is 22.1 Å².